The molecule has 0 aromatic heterocycles. The number of carbonyl (C=O) groups excluding carboxylic acids is 2. The molecule has 0 aromatic rings. The molecular formula is C12H23NO10. The van der Waals surface area contributed by atoms with Gasteiger partial charge in [0.25, 0.3) is 0 Å². The zero-order valence-corrected chi connectivity index (χ0v) is 12.2. The Balaban J connectivity index is 4.28. The van der Waals surface area contributed by atoms with Crippen molar-refractivity contribution >= 4 is 11.6 Å². The molecule has 0 bridgehead atoms. The normalized spacial score (nSPS) is 19.5. The first-order chi connectivity index (χ1) is 10.7. The predicted molar refractivity (Wildman–Crippen MR) is 73.1 cm³/mol. The van der Waals surface area contributed by atoms with E-state index in [1.54, 1.807) is 0 Å². The van der Waals surface area contributed by atoms with E-state index < -0.39 is 74.5 Å². The van der Waals surface area contributed by atoms with Crippen LogP contribution in [0.3, 0.4) is 0 Å². The fourth-order valence-electron chi connectivity index (χ4n) is 1.54. The van der Waals surface area contributed by atoms with E-state index >= 15 is 0 Å². The third-order valence-corrected chi connectivity index (χ3v) is 3.07. The van der Waals surface area contributed by atoms with Crippen LogP contribution < -0.4 is 5.32 Å². The molecule has 0 aliphatic heterocycles. The SMILES string of the molecule is O=C(CNCC(=O)[C@@H](O)[C@H](O)[C@H](O)CO)[C@@H](O)[C@H](O)[C@H](O)CO. The van der Waals surface area contributed by atoms with Crippen LogP contribution in [0, 0.1) is 0 Å². The molecule has 0 amide bonds. The molecule has 0 aliphatic carbocycles. The van der Waals surface area contributed by atoms with Crippen molar-refractivity contribution in [1.29, 1.82) is 0 Å². The highest BCUT2D eigenvalue weighted by Gasteiger charge is 2.31. The van der Waals surface area contributed by atoms with Gasteiger partial charge in [-0.2, -0.15) is 0 Å². The second-order valence-corrected chi connectivity index (χ2v) is 4.91. The Morgan fingerprint density at radius 1 is 0.696 bits per heavy atom. The number of aliphatic hydroxyl groups excluding tert-OH is 8. The minimum Gasteiger partial charge on any atom is -0.394 e. The van der Waals surface area contributed by atoms with E-state index in [9.17, 15) is 30.0 Å². The summed E-state index contributed by atoms with van der Waals surface area (Å²) in [6.07, 6.45) is -11.2. The Morgan fingerprint density at radius 3 is 1.26 bits per heavy atom. The molecule has 0 unspecified atom stereocenters. The molecule has 0 spiro atoms. The standard InChI is InChI=1S/C12H23NO10/c14-3-7(18)11(22)9(20)5(16)1-13-2-6(17)10(21)12(23)8(19)4-15/h7-15,18-23H,1-4H2/t7-,8-,9-,10-,11-,12-/m1/s1. The first-order valence-corrected chi connectivity index (χ1v) is 6.73. The summed E-state index contributed by atoms with van der Waals surface area (Å²) in [7, 11) is 0. The van der Waals surface area contributed by atoms with E-state index in [1.165, 1.54) is 0 Å². The van der Waals surface area contributed by atoms with Gasteiger partial charge in [0.1, 0.15) is 36.6 Å². The summed E-state index contributed by atoms with van der Waals surface area (Å²) in [4.78, 5) is 23.0. The van der Waals surface area contributed by atoms with Gasteiger partial charge in [-0.25, -0.2) is 0 Å². The molecule has 11 heteroatoms. The molecule has 0 fully saturated rings. The lowest BCUT2D eigenvalue weighted by Gasteiger charge is -2.21. The molecule has 0 aliphatic rings. The van der Waals surface area contributed by atoms with E-state index in [0.29, 0.717) is 0 Å². The van der Waals surface area contributed by atoms with Crippen LogP contribution in [0.25, 0.3) is 0 Å². The molecule has 0 saturated carbocycles. The summed E-state index contributed by atoms with van der Waals surface area (Å²) in [5.74, 6) is -1.97. The Hall–Kier alpha value is -1.02. The Morgan fingerprint density at radius 2 is 1.00 bits per heavy atom. The zero-order valence-electron chi connectivity index (χ0n) is 12.2. The quantitative estimate of drug-likeness (QED) is 0.163. The monoisotopic (exact) mass is 341 g/mol. The molecule has 11 nitrogen and oxygen atoms in total. The summed E-state index contributed by atoms with van der Waals surface area (Å²) in [6, 6.07) is 0. The molecule has 0 aromatic carbocycles. The average molecular weight is 341 g/mol. The van der Waals surface area contributed by atoms with Crippen LogP contribution in [0.5, 0.6) is 0 Å². The number of hydrogen-bond acceptors (Lipinski definition) is 11. The van der Waals surface area contributed by atoms with Crippen molar-refractivity contribution in [3.05, 3.63) is 0 Å². The number of ketones is 2. The average Bonchev–Trinajstić information content (AvgIpc) is 2.56. The Bertz CT molecular complexity index is 345. The first-order valence-electron chi connectivity index (χ1n) is 6.73. The van der Waals surface area contributed by atoms with Gasteiger partial charge in [-0.3, -0.25) is 9.59 Å². The highest BCUT2D eigenvalue weighted by atomic mass is 16.4. The Kier molecular flexibility index (Phi) is 10.2. The van der Waals surface area contributed by atoms with Gasteiger partial charge in [0, 0.05) is 0 Å². The van der Waals surface area contributed by atoms with Crippen LogP contribution in [-0.4, -0.2) is 115 Å². The maximum atomic E-state index is 11.5. The number of nitrogens with one attached hydrogen (secondary N) is 1. The van der Waals surface area contributed by atoms with Gasteiger partial charge in [-0.05, 0) is 0 Å². The van der Waals surface area contributed by atoms with Crippen molar-refractivity contribution in [3.8, 4) is 0 Å². The number of aliphatic hydroxyl groups is 8. The van der Waals surface area contributed by atoms with Gasteiger partial charge < -0.3 is 46.2 Å². The van der Waals surface area contributed by atoms with Crippen molar-refractivity contribution in [2.45, 2.75) is 36.6 Å². The van der Waals surface area contributed by atoms with E-state index in [0.717, 1.165) is 0 Å². The number of hydrogen-bond donors (Lipinski definition) is 9. The predicted octanol–water partition coefficient (Wildman–Crippen LogP) is -6.14. The maximum Gasteiger partial charge on any atom is 0.177 e. The van der Waals surface area contributed by atoms with E-state index in [2.05, 4.69) is 5.32 Å². The van der Waals surface area contributed by atoms with Gasteiger partial charge in [-0.1, -0.05) is 0 Å². The topological polar surface area (TPSA) is 208 Å². The van der Waals surface area contributed by atoms with E-state index in [1.807, 2.05) is 0 Å². The maximum absolute atomic E-state index is 11.5. The van der Waals surface area contributed by atoms with Crippen LogP contribution in [0.4, 0.5) is 0 Å². The van der Waals surface area contributed by atoms with Gasteiger partial charge >= 0.3 is 0 Å². The van der Waals surface area contributed by atoms with E-state index in [-0.39, 0.29) is 0 Å². The molecule has 9 N–H and O–H groups in total. The lowest BCUT2D eigenvalue weighted by atomic mass is 10.0. The molecule has 0 heterocycles. The van der Waals surface area contributed by atoms with Gasteiger partial charge in [0.05, 0.1) is 26.3 Å². The minimum atomic E-state index is -1.99. The summed E-state index contributed by atoms with van der Waals surface area (Å²) < 4.78 is 0. The number of Topliss-reactive ketones (excluding diaryl/α,β-unsaturated/α-hetero) is 2. The van der Waals surface area contributed by atoms with E-state index in [4.69, 9.17) is 20.4 Å². The molecule has 0 radical (unpaired) electrons. The molecule has 0 rings (SSSR count). The number of carbonyl (C=O) groups is 2. The highest BCUT2D eigenvalue weighted by Crippen LogP contribution is 2.02. The molecule has 136 valence electrons. The van der Waals surface area contributed by atoms with Crippen LogP contribution in [0.15, 0.2) is 0 Å². The highest BCUT2D eigenvalue weighted by molar-refractivity contribution is 5.88. The lowest BCUT2D eigenvalue weighted by Crippen LogP contribution is -2.49. The van der Waals surface area contributed by atoms with Gasteiger partial charge in [-0.15, -0.1) is 0 Å². The summed E-state index contributed by atoms with van der Waals surface area (Å²) in [5.41, 5.74) is 0. The fourth-order valence-corrected chi connectivity index (χ4v) is 1.54. The lowest BCUT2D eigenvalue weighted by molar-refractivity contribution is -0.140. The van der Waals surface area contributed by atoms with Crippen LogP contribution in [0.2, 0.25) is 0 Å². The second kappa shape index (κ2) is 10.7. The molecular weight excluding hydrogens is 318 g/mol. The molecule has 0 saturated heterocycles. The summed E-state index contributed by atoms with van der Waals surface area (Å²) in [6.45, 7) is -2.94. The largest absolute Gasteiger partial charge is 0.394 e. The second-order valence-electron chi connectivity index (χ2n) is 4.91. The minimum absolute atomic E-state index is 0.604. The van der Waals surface area contributed by atoms with Crippen molar-refractivity contribution in [2.75, 3.05) is 26.3 Å². The zero-order chi connectivity index (χ0) is 18.2. The summed E-state index contributed by atoms with van der Waals surface area (Å²) >= 11 is 0. The number of rotatable bonds is 12. The molecule has 6 atom stereocenters. The summed E-state index contributed by atoms with van der Waals surface area (Å²) in [5, 5.41) is 75.0. The van der Waals surface area contributed by atoms with Crippen LogP contribution in [0.1, 0.15) is 0 Å². The van der Waals surface area contributed by atoms with Gasteiger partial charge in [0.2, 0.25) is 0 Å². The first kappa shape index (κ1) is 22.0. The molecule has 23 heavy (non-hydrogen) atoms. The van der Waals surface area contributed by atoms with Crippen molar-refractivity contribution in [3.63, 3.8) is 0 Å². The van der Waals surface area contributed by atoms with Crippen molar-refractivity contribution in [2.24, 2.45) is 0 Å². The Labute approximate surface area is 131 Å². The third-order valence-electron chi connectivity index (χ3n) is 3.07. The van der Waals surface area contributed by atoms with Gasteiger partial charge in [0.15, 0.2) is 11.6 Å². The van der Waals surface area contributed by atoms with Crippen molar-refractivity contribution in [1.82, 2.24) is 5.32 Å². The fraction of sp³-hybridized carbons (Fsp3) is 0.833. The van der Waals surface area contributed by atoms with Crippen LogP contribution >= 0.6 is 0 Å². The van der Waals surface area contributed by atoms with Crippen molar-refractivity contribution < 1.29 is 50.4 Å². The van der Waals surface area contributed by atoms with Crippen LogP contribution in [-0.2, 0) is 9.59 Å². The third kappa shape index (κ3) is 6.95. The smallest absolute Gasteiger partial charge is 0.177 e.